The third kappa shape index (κ3) is 2.53. The summed E-state index contributed by atoms with van der Waals surface area (Å²) in [6.07, 6.45) is -2.46. The number of esters is 1. The van der Waals surface area contributed by atoms with Crippen molar-refractivity contribution in [1.82, 2.24) is 0 Å². The van der Waals surface area contributed by atoms with Crippen molar-refractivity contribution in [1.29, 1.82) is 0 Å². The summed E-state index contributed by atoms with van der Waals surface area (Å²) in [5.74, 6) is -0.541. The zero-order valence-electron chi connectivity index (χ0n) is 9.87. The topological polar surface area (TPSA) is 66.8 Å². The van der Waals surface area contributed by atoms with Crippen LogP contribution in [0.1, 0.15) is 18.1 Å². The molecule has 2 N–H and O–H groups in total. The highest BCUT2D eigenvalue weighted by atomic mass is 32.1. The maximum atomic E-state index is 11.1. The predicted octanol–water partition coefficient (Wildman–Crippen LogP) is 1.86. The molecule has 0 bridgehead atoms. The lowest BCUT2D eigenvalue weighted by Gasteiger charge is -2.16. The average Bonchev–Trinajstić information content (AvgIpc) is 2.81. The summed E-state index contributed by atoms with van der Waals surface area (Å²) in [6, 6.07) is 7.62. The van der Waals surface area contributed by atoms with Crippen LogP contribution >= 0.6 is 11.3 Å². The highest BCUT2D eigenvalue weighted by molar-refractivity contribution is 7.17. The fourth-order valence-corrected chi connectivity index (χ4v) is 2.79. The third-order valence-electron chi connectivity index (χ3n) is 2.80. The Hall–Kier alpha value is -1.43. The van der Waals surface area contributed by atoms with Gasteiger partial charge in [0.05, 0.1) is 19.6 Å². The summed E-state index contributed by atoms with van der Waals surface area (Å²) in [7, 11) is 1.25. The molecule has 0 aliphatic carbocycles. The fourth-order valence-electron chi connectivity index (χ4n) is 1.80. The Morgan fingerprint density at radius 3 is 2.83 bits per heavy atom. The lowest BCUT2D eigenvalue weighted by atomic mass is 10.0. The van der Waals surface area contributed by atoms with E-state index in [1.165, 1.54) is 18.4 Å². The molecule has 18 heavy (non-hydrogen) atoms. The van der Waals surface area contributed by atoms with Crippen LogP contribution in [0.15, 0.2) is 29.6 Å². The van der Waals surface area contributed by atoms with Gasteiger partial charge in [-0.15, -0.1) is 11.3 Å². The van der Waals surface area contributed by atoms with Gasteiger partial charge >= 0.3 is 5.97 Å². The van der Waals surface area contributed by atoms with Crippen LogP contribution in [-0.4, -0.2) is 29.4 Å². The lowest BCUT2D eigenvalue weighted by Crippen LogP contribution is -2.22. The van der Waals surface area contributed by atoms with Gasteiger partial charge in [-0.25, -0.2) is 0 Å². The Morgan fingerprint density at radius 2 is 2.11 bits per heavy atom. The second-order valence-electron chi connectivity index (χ2n) is 3.98. The number of rotatable bonds is 4. The van der Waals surface area contributed by atoms with Gasteiger partial charge < -0.3 is 14.9 Å². The van der Waals surface area contributed by atoms with Gasteiger partial charge in [0.25, 0.3) is 0 Å². The number of aliphatic hydroxyl groups is 2. The first-order chi connectivity index (χ1) is 8.63. The molecule has 0 spiro atoms. The van der Waals surface area contributed by atoms with Crippen molar-refractivity contribution in [3.63, 3.8) is 0 Å². The van der Waals surface area contributed by atoms with E-state index in [-0.39, 0.29) is 6.42 Å². The zero-order valence-corrected chi connectivity index (χ0v) is 10.7. The summed E-state index contributed by atoms with van der Waals surface area (Å²) in [4.78, 5) is 11.1. The molecule has 0 aliphatic heterocycles. The molecule has 2 unspecified atom stereocenters. The Kier molecular flexibility index (Phi) is 3.96. The lowest BCUT2D eigenvalue weighted by molar-refractivity contribution is -0.144. The summed E-state index contributed by atoms with van der Waals surface area (Å²) in [6.45, 7) is 0. The first-order valence-electron chi connectivity index (χ1n) is 5.52. The van der Waals surface area contributed by atoms with Crippen molar-refractivity contribution in [2.75, 3.05) is 7.11 Å². The molecule has 0 radical (unpaired) electrons. The monoisotopic (exact) mass is 266 g/mol. The number of ether oxygens (including phenoxy) is 1. The molecule has 2 atom stereocenters. The highest BCUT2D eigenvalue weighted by Gasteiger charge is 2.24. The van der Waals surface area contributed by atoms with Gasteiger partial charge in [-0.05, 0) is 16.8 Å². The first-order valence-corrected chi connectivity index (χ1v) is 6.40. The number of aliphatic hydroxyl groups excluding tert-OH is 2. The van der Waals surface area contributed by atoms with Crippen LogP contribution < -0.4 is 0 Å². The number of carbonyl (C=O) groups excluding carboxylic acids is 1. The molecular weight excluding hydrogens is 252 g/mol. The van der Waals surface area contributed by atoms with E-state index in [1.807, 2.05) is 24.3 Å². The number of hydrogen-bond acceptors (Lipinski definition) is 5. The van der Waals surface area contributed by atoms with E-state index in [9.17, 15) is 15.0 Å². The molecule has 1 heterocycles. The van der Waals surface area contributed by atoms with E-state index in [0.29, 0.717) is 5.56 Å². The van der Waals surface area contributed by atoms with Crippen LogP contribution in [0, 0.1) is 0 Å². The molecule has 1 aromatic heterocycles. The quantitative estimate of drug-likeness (QED) is 0.829. The van der Waals surface area contributed by atoms with Crippen LogP contribution in [0.5, 0.6) is 0 Å². The maximum Gasteiger partial charge on any atom is 0.308 e. The van der Waals surface area contributed by atoms with Crippen molar-refractivity contribution in [2.24, 2.45) is 0 Å². The van der Waals surface area contributed by atoms with Gasteiger partial charge in [0.1, 0.15) is 6.10 Å². The van der Waals surface area contributed by atoms with E-state index in [0.717, 1.165) is 10.1 Å². The van der Waals surface area contributed by atoms with E-state index in [1.54, 1.807) is 5.38 Å². The van der Waals surface area contributed by atoms with E-state index in [4.69, 9.17) is 0 Å². The summed E-state index contributed by atoms with van der Waals surface area (Å²) in [5, 5.41) is 22.6. The number of thiophene rings is 1. The van der Waals surface area contributed by atoms with Crippen molar-refractivity contribution in [3.8, 4) is 0 Å². The summed E-state index contributed by atoms with van der Waals surface area (Å²) in [5.41, 5.74) is 0.645. The van der Waals surface area contributed by atoms with Crippen LogP contribution in [0.3, 0.4) is 0 Å². The fraction of sp³-hybridized carbons (Fsp3) is 0.308. The minimum absolute atomic E-state index is 0.220. The summed E-state index contributed by atoms with van der Waals surface area (Å²) >= 11 is 1.50. The Bertz CT molecular complexity index is 549. The molecule has 1 aromatic carbocycles. The Labute approximate surface area is 108 Å². The molecule has 0 saturated heterocycles. The Morgan fingerprint density at radius 1 is 1.39 bits per heavy atom. The molecule has 2 aromatic rings. The molecule has 0 fully saturated rings. The van der Waals surface area contributed by atoms with Gasteiger partial charge in [0.2, 0.25) is 0 Å². The van der Waals surface area contributed by atoms with E-state index < -0.39 is 18.2 Å². The molecule has 0 aliphatic rings. The number of fused-ring (bicyclic) bond motifs is 1. The molecule has 5 heteroatoms. The van der Waals surface area contributed by atoms with E-state index >= 15 is 0 Å². The largest absolute Gasteiger partial charge is 0.469 e. The van der Waals surface area contributed by atoms with Gasteiger partial charge in [-0.2, -0.15) is 0 Å². The van der Waals surface area contributed by atoms with Gasteiger partial charge in [0, 0.05) is 10.3 Å². The second kappa shape index (κ2) is 5.48. The first kappa shape index (κ1) is 13.0. The minimum Gasteiger partial charge on any atom is -0.469 e. The van der Waals surface area contributed by atoms with Gasteiger partial charge in [-0.1, -0.05) is 18.2 Å². The number of benzene rings is 1. The number of carbonyl (C=O) groups is 1. The van der Waals surface area contributed by atoms with Crippen molar-refractivity contribution >= 4 is 27.4 Å². The van der Waals surface area contributed by atoms with Crippen molar-refractivity contribution < 1.29 is 19.7 Å². The molecule has 0 saturated carbocycles. The third-order valence-corrected chi connectivity index (χ3v) is 3.78. The van der Waals surface area contributed by atoms with Crippen LogP contribution in [0.4, 0.5) is 0 Å². The van der Waals surface area contributed by atoms with Crippen molar-refractivity contribution in [2.45, 2.75) is 18.6 Å². The predicted molar refractivity (Wildman–Crippen MR) is 69.4 cm³/mol. The molecular formula is C13H14O4S. The summed E-state index contributed by atoms with van der Waals surface area (Å²) < 4.78 is 5.51. The molecule has 0 amide bonds. The molecule has 2 rings (SSSR count). The number of hydrogen-bond donors (Lipinski definition) is 2. The second-order valence-corrected chi connectivity index (χ2v) is 4.89. The number of methoxy groups -OCH3 is 1. The Balaban J connectivity index is 2.22. The SMILES string of the molecule is COC(=O)CC(O)C(O)c1csc2ccccc12. The highest BCUT2D eigenvalue weighted by Crippen LogP contribution is 2.32. The normalized spacial score (nSPS) is 14.4. The van der Waals surface area contributed by atoms with Crippen LogP contribution in [0.25, 0.3) is 10.1 Å². The molecule has 96 valence electrons. The van der Waals surface area contributed by atoms with Crippen LogP contribution in [-0.2, 0) is 9.53 Å². The smallest absolute Gasteiger partial charge is 0.308 e. The minimum atomic E-state index is -1.16. The zero-order chi connectivity index (χ0) is 13.1. The maximum absolute atomic E-state index is 11.1. The standard InChI is InChI=1S/C13H14O4S/c1-17-12(15)6-10(14)13(16)9-7-18-11-5-3-2-4-8(9)11/h2-5,7,10,13-14,16H,6H2,1H3. The molecule has 4 nitrogen and oxygen atoms in total. The van der Waals surface area contributed by atoms with E-state index in [2.05, 4.69) is 4.74 Å². The van der Waals surface area contributed by atoms with Gasteiger partial charge in [0.15, 0.2) is 0 Å². The average molecular weight is 266 g/mol. The van der Waals surface area contributed by atoms with Gasteiger partial charge in [-0.3, -0.25) is 4.79 Å². The van der Waals surface area contributed by atoms with Crippen molar-refractivity contribution in [3.05, 3.63) is 35.2 Å². The van der Waals surface area contributed by atoms with Crippen LogP contribution in [0.2, 0.25) is 0 Å².